The predicted molar refractivity (Wildman–Crippen MR) is 72.1 cm³/mol. The standard InChI is InChI=1S/C13H13ClFN3/c1-8(9-2-4-17-5-3-9)18-13-6-10(14)11(15)7-12(13)16/h2-8,18H,16H2,1H3. The molecule has 0 spiro atoms. The molecule has 0 saturated heterocycles. The number of nitrogens with two attached hydrogens (primary N) is 1. The Hall–Kier alpha value is -1.81. The van der Waals surface area contributed by atoms with E-state index < -0.39 is 5.82 Å². The van der Waals surface area contributed by atoms with Crippen molar-refractivity contribution in [3.8, 4) is 0 Å². The van der Waals surface area contributed by atoms with Crippen molar-refractivity contribution in [2.75, 3.05) is 11.1 Å². The molecule has 0 aliphatic carbocycles. The van der Waals surface area contributed by atoms with E-state index in [4.69, 9.17) is 17.3 Å². The van der Waals surface area contributed by atoms with Crippen molar-refractivity contribution < 1.29 is 4.39 Å². The Labute approximate surface area is 110 Å². The molecule has 3 nitrogen and oxygen atoms in total. The molecule has 0 aliphatic rings. The molecule has 1 heterocycles. The molecule has 94 valence electrons. The fraction of sp³-hybridized carbons (Fsp3) is 0.154. The number of hydrogen-bond donors (Lipinski definition) is 2. The van der Waals surface area contributed by atoms with Crippen LogP contribution >= 0.6 is 11.6 Å². The molecule has 1 unspecified atom stereocenters. The average molecular weight is 266 g/mol. The van der Waals surface area contributed by atoms with E-state index in [1.165, 1.54) is 12.1 Å². The van der Waals surface area contributed by atoms with Gasteiger partial charge >= 0.3 is 0 Å². The zero-order valence-electron chi connectivity index (χ0n) is 9.82. The number of aromatic nitrogens is 1. The van der Waals surface area contributed by atoms with Crippen molar-refractivity contribution in [1.82, 2.24) is 4.98 Å². The zero-order chi connectivity index (χ0) is 13.1. The van der Waals surface area contributed by atoms with E-state index in [0.29, 0.717) is 11.4 Å². The smallest absolute Gasteiger partial charge is 0.143 e. The minimum atomic E-state index is -0.517. The van der Waals surface area contributed by atoms with E-state index in [-0.39, 0.29) is 11.1 Å². The number of halogens is 2. The van der Waals surface area contributed by atoms with Crippen LogP contribution in [-0.4, -0.2) is 4.98 Å². The second-order valence-corrected chi connectivity index (χ2v) is 4.41. The third kappa shape index (κ3) is 2.71. The van der Waals surface area contributed by atoms with E-state index in [2.05, 4.69) is 10.3 Å². The third-order valence-electron chi connectivity index (χ3n) is 2.67. The average Bonchev–Trinajstić information content (AvgIpc) is 2.37. The molecule has 0 fully saturated rings. The lowest BCUT2D eigenvalue weighted by Crippen LogP contribution is -2.08. The van der Waals surface area contributed by atoms with Gasteiger partial charge in [-0.2, -0.15) is 0 Å². The predicted octanol–water partition coefficient (Wildman–Crippen LogP) is 3.63. The van der Waals surface area contributed by atoms with Crippen molar-refractivity contribution in [3.05, 3.63) is 53.1 Å². The van der Waals surface area contributed by atoms with Gasteiger partial charge in [0.1, 0.15) is 5.82 Å². The van der Waals surface area contributed by atoms with Crippen LogP contribution < -0.4 is 11.1 Å². The minimum Gasteiger partial charge on any atom is -0.397 e. The molecule has 1 aromatic carbocycles. The molecule has 18 heavy (non-hydrogen) atoms. The van der Waals surface area contributed by atoms with Gasteiger partial charge in [0.25, 0.3) is 0 Å². The van der Waals surface area contributed by atoms with Crippen LogP contribution in [-0.2, 0) is 0 Å². The van der Waals surface area contributed by atoms with Crippen LogP contribution in [0.2, 0.25) is 5.02 Å². The summed E-state index contributed by atoms with van der Waals surface area (Å²) in [6.07, 6.45) is 3.43. The fourth-order valence-electron chi connectivity index (χ4n) is 1.66. The van der Waals surface area contributed by atoms with E-state index in [0.717, 1.165) is 5.56 Å². The zero-order valence-corrected chi connectivity index (χ0v) is 10.6. The molecular weight excluding hydrogens is 253 g/mol. The lowest BCUT2D eigenvalue weighted by atomic mass is 10.1. The van der Waals surface area contributed by atoms with Crippen LogP contribution in [0.15, 0.2) is 36.7 Å². The molecule has 0 saturated carbocycles. The Kier molecular flexibility index (Phi) is 3.67. The second kappa shape index (κ2) is 5.23. The molecule has 0 radical (unpaired) electrons. The van der Waals surface area contributed by atoms with Gasteiger partial charge in [-0.15, -0.1) is 0 Å². The molecule has 2 aromatic rings. The Morgan fingerprint density at radius 2 is 2.00 bits per heavy atom. The number of benzene rings is 1. The van der Waals surface area contributed by atoms with Crippen LogP contribution in [0.1, 0.15) is 18.5 Å². The van der Waals surface area contributed by atoms with Gasteiger partial charge in [0, 0.05) is 24.5 Å². The number of pyridine rings is 1. The normalized spacial score (nSPS) is 12.2. The molecule has 0 amide bonds. The topological polar surface area (TPSA) is 50.9 Å². The van der Waals surface area contributed by atoms with Crippen molar-refractivity contribution in [3.63, 3.8) is 0 Å². The summed E-state index contributed by atoms with van der Waals surface area (Å²) in [6.45, 7) is 1.98. The fourth-order valence-corrected chi connectivity index (χ4v) is 1.82. The van der Waals surface area contributed by atoms with Gasteiger partial charge < -0.3 is 11.1 Å². The molecule has 1 aromatic heterocycles. The first kappa shape index (κ1) is 12.6. The van der Waals surface area contributed by atoms with E-state index >= 15 is 0 Å². The van der Waals surface area contributed by atoms with Crippen molar-refractivity contribution in [1.29, 1.82) is 0 Å². The summed E-state index contributed by atoms with van der Waals surface area (Å²) in [4.78, 5) is 3.95. The largest absolute Gasteiger partial charge is 0.397 e. The summed E-state index contributed by atoms with van der Waals surface area (Å²) in [5.74, 6) is -0.517. The van der Waals surface area contributed by atoms with Crippen molar-refractivity contribution >= 4 is 23.0 Å². The summed E-state index contributed by atoms with van der Waals surface area (Å²) in [6, 6.07) is 6.53. The molecule has 0 aliphatic heterocycles. The Bertz CT molecular complexity index is 545. The summed E-state index contributed by atoms with van der Waals surface area (Å²) in [5, 5.41) is 3.24. The lowest BCUT2D eigenvalue weighted by Gasteiger charge is -2.17. The molecular formula is C13H13ClFN3. The Morgan fingerprint density at radius 1 is 1.33 bits per heavy atom. The van der Waals surface area contributed by atoms with E-state index in [1.54, 1.807) is 12.4 Å². The molecule has 2 rings (SSSR count). The maximum Gasteiger partial charge on any atom is 0.143 e. The molecule has 5 heteroatoms. The number of rotatable bonds is 3. The van der Waals surface area contributed by atoms with Gasteiger partial charge in [0.15, 0.2) is 0 Å². The summed E-state index contributed by atoms with van der Waals surface area (Å²) >= 11 is 5.73. The first-order chi connectivity index (χ1) is 8.58. The highest BCUT2D eigenvalue weighted by atomic mass is 35.5. The number of nitrogen functional groups attached to an aromatic ring is 1. The lowest BCUT2D eigenvalue weighted by molar-refractivity contribution is 0.629. The first-order valence-electron chi connectivity index (χ1n) is 5.49. The number of nitrogens with one attached hydrogen (secondary N) is 1. The second-order valence-electron chi connectivity index (χ2n) is 4.00. The maximum absolute atomic E-state index is 13.2. The van der Waals surface area contributed by atoms with Crippen LogP contribution in [0.5, 0.6) is 0 Å². The highest BCUT2D eigenvalue weighted by molar-refractivity contribution is 6.31. The van der Waals surface area contributed by atoms with Gasteiger partial charge in [-0.1, -0.05) is 11.6 Å². The monoisotopic (exact) mass is 265 g/mol. The highest BCUT2D eigenvalue weighted by Gasteiger charge is 2.10. The quantitative estimate of drug-likeness (QED) is 0.833. The van der Waals surface area contributed by atoms with E-state index in [9.17, 15) is 4.39 Å². The summed E-state index contributed by atoms with van der Waals surface area (Å²) < 4.78 is 13.2. The van der Waals surface area contributed by atoms with E-state index in [1.807, 2.05) is 19.1 Å². The number of hydrogen-bond acceptors (Lipinski definition) is 3. The number of anilines is 2. The summed E-state index contributed by atoms with van der Waals surface area (Å²) in [5.41, 5.74) is 7.75. The van der Waals surface area contributed by atoms with Gasteiger partial charge in [-0.3, -0.25) is 4.98 Å². The van der Waals surface area contributed by atoms with Crippen LogP contribution in [0, 0.1) is 5.82 Å². The van der Waals surface area contributed by atoms with Crippen molar-refractivity contribution in [2.45, 2.75) is 13.0 Å². The minimum absolute atomic E-state index is 0.0248. The Balaban J connectivity index is 2.22. The maximum atomic E-state index is 13.2. The number of nitrogens with zero attached hydrogens (tertiary/aromatic N) is 1. The molecule has 0 bridgehead atoms. The Morgan fingerprint density at radius 3 is 2.67 bits per heavy atom. The highest BCUT2D eigenvalue weighted by Crippen LogP contribution is 2.29. The molecule has 1 atom stereocenters. The van der Waals surface area contributed by atoms with Crippen LogP contribution in [0.25, 0.3) is 0 Å². The van der Waals surface area contributed by atoms with Gasteiger partial charge in [0.2, 0.25) is 0 Å². The third-order valence-corrected chi connectivity index (χ3v) is 2.96. The van der Waals surface area contributed by atoms with Crippen molar-refractivity contribution in [2.24, 2.45) is 0 Å². The molecule has 3 N–H and O–H groups in total. The van der Waals surface area contributed by atoms with Gasteiger partial charge in [-0.05, 0) is 30.7 Å². The summed E-state index contributed by atoms with van der Waals surface area (Å²) in [7, 11) is 0. The van der Waals surface area contributed by atoms with Gasteiger partial charge in [-0.25, -0.2) is 4.39 Å². The van der Waals surface area contributed by atoms with Crippen LogP contribution in [0.3, 0.4) is 0 Å². The van der Waals surface area contributed by atoms with Gasteiger partial charge in [0.05, 0.1) is 16.4 Å². The first-order valence-corrected chi connectivity index (χ1v) is 5.86. The SMILES string of the molecule is CC(Nc1cc(Cl)c(F)cc1N)c1ccncc1. The van der Waals surface area contributed by atoms with Crippen LogP contribution in [0.4, 0.5) is 15.8 Å².